The minimum atomic E-state index is 0.425. The van der Waals surface area contributed by atoms with Gasteiger partial charge < -0.3 is 4.74 Å². The summed E-state index contributed by atoms with van der Waals surface area (Å²) < 4.78 is 5.41. The largest absolute Gasteiger partial charge is 0.494 e. The lowest BCUT2D eigenvalue weighted by Crippen LogP contribution is -2.15. The first-order valence-corrected chi connectivity index (χ1v) is 7.07. The van der Waals surface area contributed by atoms with Crippen molar-refractivity contribution in [1.29, 1.82) is 0 Å². The molecule has 92 valence electrons. The van der Waals surface area contributed by atoms with Gasteiger partial charge in [-0.3, -0.25) is 4.79 Å². The van der Waals surface area contributed by atoms with Crippen molar-refractivity contribution in [3.05, 3.63) is 24.3 Å². The molecule has 0 spiro atoms. The molecule has 0 atom stereocenters. The Morgan fingerprint density at radius 3 is 2.47 bits per heavy atom. The molecule has 1 aromatic carbocycles. The van der Waals surface area contributed by atoms with Gasteiger partial charge in [-0.1, -0.05) is 0 Å². The lowest BCUT2D eigenvalue weighted by molar-refractivity contribution is -0.120. The van der Waals surface area contributed by atoms with Gasteiger partial charge >= 0.3 is 0 Å². The average molecular weight is 250 g/mol. The molecule has 1 saturated carbocycles. The fourth-order valence-corrected chi connectivity index (χ4v) is 3.15. The average Bonchev–Trinajstić information content (AvgIpc) is 2.35. The number of hydrogen-bond acceptors (Lipinski definition) is 3. The van der Waals surface area contributed by atoms with Crippen LogP contribution in [0.4, 0.5) is 0 Å². The second-order valence-corrected chi connectivity index (χ2v) is 5.63. The molecule has 0 N–H and O–H groups in total. The van der Waals surface area contributed by atoms with Gasteiger partial charge in [-0.2, -0.15) is 0 Å². The molecule has 1 aliphatic carbocycles. The summed E-state index contributed by atoms with van der Waals surface area (Å²) in [5.74, 6) is 1.35. The van der Waals surface area contributed by atoms with E-state index in [1.807, 2.05) is 30.8 Å². The molecular weight excluding hydrogens is 232 g/mol. The maximum absolute atomic E-state index is 11.2. The zero-order valence-corrected chi connectivity index (χ0v) is 11.0. The number of hydrogen-bond donors (Lipinski definition) is 0. The van der Waals surface area contributed by atoms with E-state index in [0.29, 0.717) is 17.6 Å². The fraction of sp³-hybridized carbons (Fsp3) is 0.500. The third kappa shape index (κ3) is 3.77. The lowest BCUT2D eigenvalue weighted by atomic mass is 9.99. The van der Waals surface area contributed by atoms with Crippen molar-refractivity contribution in [3.8, 4) is 5.75 Å². The zero-order valence-electron chi connectivity index (χ0n) is 10.1. The molecule has 0 bridgehead atoms. The van der Waals surface area contributed by atoms with Crippen LogP contribution in [0.1, 0.15) is 32.6 Å². The first-order chi connectivity index (χ1) is 8.28. The third-order valence-corrected chi connectivity index (χ3v) is 4.28. The molecule has 0 radical (unpaired) electrons. The smallest absolute Gasteiger partial charge is 0.132 e. The summed E-state index contributed by atoms with van der Waals surface area (Å²) in [4.78, 5) is 12.4. The maximum Gasteiger partial charge on any atom is 0.132 e. The summed E-state index contributed by atoms with van der Waals surface area (Å²) in [6, 6.07) is 8.23. The standard InChI is InChI=1S/C14H18O2S/c1-2-16-12-5-9-14(10-6-12)17-13-7-3-11(15)4-8-13/h5-6,9-10,13H,2-4,7-8H2,1H3. The summed E-state index contributed by atoms with van der Waals surface area (Å²) in [5.41, 5.74) is 0. The first-order valence-electron chi connectivity index (χ1n) is 6.19. The maximum atomic E-state index is 11.2. The minimum Gasteiger partial charge on any atom is -0.494 e. The van der Waals surface area contributed by atoms with E-state index in [-0.39, 0.29) is 0 Å². The van der Waals surface area contributed by atoms with Crippen LogP contribution in [0.25, 0.3) is 0 Å². The van der Waals surface area contributed by atoms with Crippen molar-refractivity contribution in [2.24, 2.45) is 0 Å². The molecule has 0 aromatic heterocycles. The summed E-state index contributed by atoms with van der Waals surface area (Å²) in [5, 5.41) is 0.602. The number of ether oxygens (including phenoxy) is 1. The van der Waals surface area contributed by atoms with Gasteiger partial charge in [0.2, 0.25) is 0 Å². The first kappa shape index (κ1) is 12.5. The molecule has 3 heteroatoms. The zero-order chi connectivity index (χ0) is 12.1. The van der Waals surface area contributed by atoms with Crippen LogP contribution in [0.2, 0.25) is 0 Å². The molecule has 0 aliphatic heterocycles. The molecule has 0 unspecified atom stereocenters. The van der Waals surface area contributed by atoms with Gasteiger partial charge in [0.25, 0.3) is 0 Å². The van der Waals surface area contributed by atoms with Gasteiger partial charge in [-0.25, -0.2) is 0 Å². The quantitative estimate of drug-likeness (QED) is 0.815. The Morgan fingerprint density at radius 2 is 1.88 bits per heavy atom. The van der Waals surface area contributed by atoms with E-state index in [4.69, 9.17) is 4.74 Å². The summed E-state index contributed by atoms with van der Waals surface area (Å²) in [6.07, 6.45) is 3.57. The molecule has 0 heterocycles. The Morgan fingerprint density at radius 1 is 1.24 bits per heavy atom. The van der Waals surface area contributed by atoms with Gasteiger partial charge in [-0.05, 0) is 44.0 Å². The number of carbonyl (C=O) groups excluding carboxylic acids is 1. The molecule has 1 aromatic rings. The summed E-state index contributed by atoms with van der Waals surface area (Å²) in [6.45, 7) is 2.69. The highest BCUT2D eigenvalue weighted by Crippen LogP contribution is 2.33. The third-order valence-electron chi connectivity index (χ3n) is 2.93. The second kappa shape index (κ2) is 6.10. The molecule has 2 rings (SSSR count). The van der Waals surface area contributed by atoms with E-state index in [0.717, 1.165) is 31.4 Å². The van der Waals surface area contributed by atoms with Crippen LogP contribution in [-0.2, 0) is 4.79 Å². The van der Waals surface area contributed by atoms with Gasteiger partial charge in [0.1, 0.15) is 11.5 Å². The Labute approximate surface area is 107 Å². The Kier molecular flexibility index (Phi) is 4.49. The van der Waals surface area contributed by atoms with Crippen LogP contribution in [0.3, 0.4) is 0 Å². The van der Waals surface area contributed by atoms with Gasteiger partial charge in [-0.15, -0.1) is 11.8 Å². The SMILES string of the molecule is CCOc1ccc(SC2CCC(=O)CC2)cc1. The van der Waals surface area contributed by atoms with E-state index in [1.165, 1.54) is 4.90 Å². The molecular formula is C14H18O2S. The number of Topliss-reactive ketones (excluding diaryl/α,β-unsaturated/α-hetero) is 1. The number of ketones is 1. The molecule has 1 fully saturated rings. The van der Waals surface area contributed by atoms with Gasteiger partial charge in [0.15, 0.2) is 0 Å². The van der Waals surface area contributed by atoms with E-state index in [2.05, 4.69) is 12.1 Å². The molecule has 1 aliphatic rings. The van der Waals surface area contributed by atoms with Crippen molar-refractivity contribution in [2.45, 2.75) is 42.8 Å². The van der Waals surface area contributed by atoms with Crippen LogP contribution in [0.15, 0.2) is 29.2 Å². The monoisotopic (exact) mass is 250 g/mol. The predicted octanol–water partition coefficient (Wildman–Crippen LogP) is 3.69. The van der Waals surface area contributed by atoms with Crippen LogP contribution >= 0.6 is 11.8 Å². The highest BCUT2D eigenvalue weighted by Gasteiger charge is 2.19. The Hall–Kier alpha value is -0.960. The topological polar surface area (TPSA) is 26.3 Å². The van der Waals surface area contributed by atoms with Crippen molar-refractivity contribution in [2.75, 3.05) is 6.61 Å². The molecule has 0 saturated heterocycles. The Bertz CT molecular complexity index is 362. The summed E-state index contributed by atoms with van der Waals surface area (Å²) in [7, 11) is 0. The van der Waals surface area contributed by atoms with E-state index >= 15 is 0 Å². The van der Waals surface area contributed by atoms with Crippen molar-refractivity contribution >= 4 is 17.5 Å². The van der Waals surface area contributed by atoms with Crippen molar-refractivity contribution in [3.63, 3.8) is 0 Å². The number of rotatable bonds is 4. The predicted molar refractivity (Wildman–Crippen MR) is 70.7 cm³/mol. The fourth-order valence-electron chi connectivity index (χ4n) is 2.00. The summed E-state index contributed by atoms with van der Waals surface area (Å²) >= 11 is 1.89. The van der Waals surface area contributed by atoms with E-state index < -0.39 is 0 Å². The molecule has 2 nitrogen and oxygen atoms in total. The van der Waals surface area contributed by atoms with Crippen LogP contribution in [0.5, 0.6) is 5.75 Å². The van der Waals surface area contributed by atoms with Crippen LogP contribution in [0, 0.1) is 0 Å². The second-order valence-electron chi connectivity index (χ2n) is 4.26. The van der Waals surface area contributed by atoms with Gasteiger partial charge in [0, 0.05) is 23.0 Å². The highest BCUT2D eigenvalue weighted by molar-refractivity contribution is 8.00. The van der Waals surface area contributed by atoms with Gasteiger partial charge in [0.05, 0.1) is 6.61 Å². The van der Waals surface area contributed by atoms with Crippen molar-refractivity contribution < 1.29 is 9.53 Å². The van der Waals surface area contributed by atoms with E-state index in [9.17, 15) is 4.79 Å². The number of thioether (sulfide) groups is 1. The number of carbonyl (C=O) groups is 1. The Balaban J connectivity index is 1.88. The minimum absolute atomic E-state index is 0.425. The number of benzene rings is 1. The molecule has 0 amide bonds. The molecule has 17 heavy (non-hydrogen) atoms. The van der Waals surface area contributed by atoms with Crippen LogP contribution in [-0.4, -0.2) is 17.6 Å². The van der Waals surface area contributed by atoms with E-state index in [1.54, 1.807) is 0 Å². The van der Waals surface area contributed by atoms with Crippen molar-refractivity contribution in [1.82, 2.24) is 0 Å². The lowest BCUT2D eigenvalue weighted by Gasteiger charge is -2.20. The van der Waals surface area contributed by atoms with Crippen LogP contribution < -0.4 is 4.74 Å². The normalized spacial score (nSPS) is 17.1. The highest BCUT2D eigenvalue weighted by atomic mass is 32.2.